The quantitative estimate of drug-likeness (QED) is 0.487. The summed E-state index contributed by atoms with van der Waals surface area (Å²) in [5, 5.41) is 3.09. The van der Waals surface area contributed by atoms with E-state index in [-0.39, 0.29) is 11.3 Å². The fourth-order valence-electron chi connectivity index (χ4n) is 1.51. The van der Waals surface area contributed by atoms with E-state index in [0.717, 1.165) is 23.3 Å². The van der Waals surface area contributed by atoms with Crippen LogP contribution in [0.25, 0.3) is 0 Å². The van der Waals surface area contributed by atoms with Crippen LogP contribution in [0.5, 0.6) is 0 Å². The standard InChI is InChI=1S/C13H18ClNOS/c1-10(14)6-5-9-15-13(16)11-7-3-4-8-12(11)17-2/h3-4,7-8,10H,5-6,9H2,1-2H3,(H,15,16). The van der Waals surface area contributed by atoms with E-state index >= 15 is 0 Å². The molecule has 1 N–H and O–H groups in total. The minimum atomic E-state index is -0.00262. The molecule has 4 heteroatoms. The third-order valence-corrected chi connectivity index (χ3v) is 3.43. The smallest absolute Gasteiger partial charge is 0.252 e. The second-order valence-corrected chi connectivity index (χ2v) is 5.47. The van der Waals surface area contributed by atoms with E-state index in [1.54, 1.807) is 11.8 Å². The number of hydrogen-bond acceptors (Lipinski definition) is 2. The van der Waals surface area contributed by atoms with Crippen molar-refractivity contribution in [3.8, 4) is 0 Å². The Balaban J connectivity index is 2.47. The Morgan fingerprint density at radius 1 is 1.47 bits per heavy atom. The maximum absolute atomic E-state index is 11.9. The van der Waals surface area contributed by atoms with Gasteiger partial charge in [-0.1, -0.05) is 12.1 Å². The Labute approximate surface area is 112 Å². The summed E-state index contributed by atoms with van der Waals surface area (Å²) in [7, 11) is 0. The van der Waals surface area contributed by atoms with E-state index in [4.69, 9.17) is 11.6 Å². The molecule has 2 nitrogen and oxygen atoms in total. The largest absolute Gasteiger partial charge is 0.352 e. The Kier molecular flexibility index (Phi) is 6.45. The maximum atomic E-state index is 11.9. The zero-order chi connectivity index (χ0) is 12.7. The first-order chi connectivity index (χ1) is 8.15. The number of thioether (sulfide) groups is 1. The Hall–Kier alpha value is -0.670. The predicted molar refractivity (Wildman–Crippen MR) is 75.1 cm³/mol. The molecule has 0 spiro atoms. The molecule has 1 atom stereocenters. The van der Waals surface area contributed by atoms with E-state index in [0.29, 0.717) is 6.54 Å². The molecule has 17 heavy (non-hydrogen) atoms. The van der Waals surface area contributed by atoms with Crippen LogP contribution in [0, 0.1) is 0 Å². The van der Waals surface area contributed by atoms with Gasteiger partial charge in [-0.2, -0.15) is 0 Å². The van der Waals surface area contributed by atoms with Crippen molar-refractivity contribution in [2.75, 3.05) is 12.8 Å². The highest BCUT2D eigenvalue weighted by molar-refractivity contribution is 7.98. The van der Waals surface area contributed by atoms with Crippen LogP contribution in [0.15, 0.2) is 29.2 Å². The van der Waals surface area contributed by atoms with Crippen molar-refractivity contribution in [3.05, 3.63) is 29.8 Å². The lowest BCUT2D eigenvalue weighted by Gasteiger charge is -2.08. The van der Waals surface area contributed by atoms with Gasteiger partial charge in [0.25, 0.3) is 5.91 Å². The number of amides is 1. The van der Waals surface area contributed by atoms with Crippen molar-refractivity contribution in [3.63, 3.8) is 0 Å². The van der Waals surface area contributed by atoms with Gasteiger partial charge < -0.3 is 5.32 Å². The molecule has 0 bridgehead atoms. The van der Waals surface area contributed by atoms with Crippen molar-refractivity contribution in [1.82, 2.24) is 5.32 Å². The average molecular weight is 272 g/mol. The minimum Gasteiger partial charge on any atom is -0.352 e. The van der Waals surface area contributed by atoms with Gasteiger partial charge >= 0.3 is 0 Å². The lowest BCUT2D eigenvalue weighted by molar-refractivity contribution is 0.0950. The van der Waals surface area contributed by atoms with E-state index in [1.807, 2.05) is 37.4 Å². The molecular weight excluding hydrogens is 254 g/mol. The molecule has 94 valence electrons. The molecule has 0 aromatic heterocycles. The molecule has 0 heterocycles. The third-order valence-electron chi connectivity index (χ3n) is 2.42. The van der Waals surface area contributed by atoms with E-state index in [2.05, 4.69) is 5.32 Å². The fourth-order valence-corrected chi connectivity index (χ4v) is 2.26. The number of benzene rings is 1. The molecule has 0 aliphatic heterocycles. The first-order valence-corrected chi connectivity index (χ1v) is 7.36. The van der Waals surface area contributed by atoms with Crippen LogP contribution in [0.2, 0.25) is 0 Å². The van der Waals surface area contributed by atoms with Gasteiger partial charge in [-0.15, -0.1) is 23.4 Å². The summed E-state index contributed by atoms with van der Waals surface area (Å²) >= 11 is 7.43. The molecule has 1 rings (SSSR count). The lowest BCUT2D eigenvalue weighted by Crippen LogP contribution is -2.25. The average Bonchev–Trinajstić information content (AvgIpc) is 2.34. The van der Waals surface area contributed by atoms with Crippen LogP contribution in [0.4, 0.5) is 0 Å². The zero-order valence-electron chi connectivity index (χ0n) is 10.2. The second-order valence-electron chi connectivity index (χ2n) is 3.88. The van der Waals surface area contributed by atoms with Crippen molar-refractivity contribution < 1.29 is 4.79 Å². The summed E-state index contributed by atoms with van der Waals surface area (Å²) in [4.78, 5) is 12.9. The first-order valence-electron chi connectivity index (χ1n) is 5.70. The SMILES string of the molecule is CSc1ccccc1C(=O)NCCCC(C)Cl. The lowest BCUT2D eigenvalue weighted by atomic mass is 10.2. The Morgan fingerprint density at radius 2 is 2.18 bits per heavy atom. The van der Waals surface area contributed by atoms with Crippen LogP contribution < -0.4 is 5.32 Å². The molecule has 0 aliphatic rings. The summed E-state index contributed by atoms with van der Waals surface area (Å²) in [6, 6.07) is 7.64. The van der Waals surface area contributed by atoms with Gasteiger partial charge in [0.2, 0.25) is 0 Å². The molecule has 1 aromatic carbocycles. The highest BCUT2D eigenvalue weighted by atomic mass is 35.5. The molecule has 1 amide bonds. The predicted octanol–water partition coefficient (Wildman–Crippen LogP) is 3.55. The van der Waals surface area contributed by atoms with Gasteiger partial charge in [0.1, 0.15) is 0 Å². The van der Waals surface area contributed by atoms with E-state index in [1.165, 1.54) is 0 Å². The summed E-state index contributed by atoms with van der Waals surface area (Å²) < 4.78 is 0. The van der Waals surface area contributed by atoms with Crippen LogP contribution in [-0.2, 0) is 0 Å². The van der Waals surface area contributed by atoms with Crippen LogP contribution in [0.3, 0.4) is 0 Å². The third kappa shape index (κ3) is 5.00. The minimum absolute atomic E-state index is 0.00262. The van der Waals surface area contributed by atoms with Gasteiger partial charge in [0.15, 0.2) is 0 Å². The molecule has 1 aromatic rings. The van der Waals surface area contributed by atoms with Gasteiger partial charge in [0, 0.05) is 16.8 Å². The molecule has 1 unspecified atom stereocenters. The summed E-state index contributed by atoms with van der Waals surface area (Å²) in [5.41, 5.74) is 0.749. The maximum Gasteiger partial charge on any atom is 0.252 e. The highest BCUT2D eigenvalue weighted by Crippen LogP contribution is 2.19. The monoisotopic (exact) mass is 271 g/mol. The molecular formula is C13H18ClNOS. The highest BCUT2D eigenvalue weighted by Gasteiger charge is 2.09. The Morgan fingerprint density at radius 3 is 2.82 bits per heavy atom. The van der Waals surface area contributed by atoms with E-state index in [9.17, 15) is 4.79 Å². The summed E-state index contributed by atoms with van der Waals surface area (Å²) in [6.45, 7) is 2.64. The number of halogens is 1. The first kappa shape index (κ1) is 14.4. The van der Waals surface area contributed by atoms with E-state index < -0.39 is 0 Å². The fraction of sp³-hybridized carbons (Fsp3) is 0.462. The molecule has 0 saturated carbocycles. The van der Waals surface area contributed by atoms with Crippen molar-refractivity contribution in [2.24, 2.45) is 0 Å². The molecule has 0 aliphatic carbocycles. The summed E-state index contributed by atoms with van der Waals surface area (Å²) in [6.07, 6.45) is 3.81. The van der Waals surface area contributed by atoms with Gasteiger partial charge in [-0.25, -0.2) is 0 Å². The van der Waals surface area contributed by atoms with Gasteiger partial charge in [-0.3, -0.25) is 4.79 Å². The van der Waals surface area contributed by atoms with Crippen molar-refractivity contribution in [2.45, 2.75) is 30.0 Å². The topological polar surface area (TPSA) is 29.1 Å². The van der Waals surface area contributed by atoms with Gasteiger partial charge in [-0.05, 0) is 38.2 Å². The number of carbonyl (C=O) groups excluding carboxylic acids is 1. The summed E-state index contributed by atoms with van der Waals surface area (Å²) in [5.74, 6) is -0.00262. The van der Waals surface area contributed by atoms with Crippen LogP contribution in [-0.4, -0.2) is 24.1 Å². The molecule has 0 radical (unpaired) electrons. The van der Waals surface area contributed by atoms with Crippen LogP contribution in [0.1, 0.15) is 30.1 Å². The Bertz CT molecular complexity index is 368. The molecule has 0 fully saturated rings. The number of hydrogen-bond donors (Lipinski definition) is 1. The zero-order valence-corrected chi connectivity index (χ0v) is 11.8. The second kappa shape index (κ2) is 7.62. The normalized spacial score (nSPS) is 12.2. The van der Waals surface area contributed by atoms with Gasteiger partial charge in [0.05, 0.1) is 5.56 Å². The molecule has 0 saturated heterocycles. The number of carbonyl (C=O) groups is 1. The number of rotatable bonds is 6. The van der Waals surface area contributed by atoms with Crippen molar-refractivity contribution >= 4 is 29.3 Å². The van der Waals surface area contributed by atoms with Crippen molar-refractivity contribution in [1.29, 1.82) is 0 Å². The van der Waals surface area contributed by atoms with Crippen LogP contribution >= 0.6 is 23.4 Å². The number of nitrogens with one attached hydrogen (secondary N) is 1. The number of alkyl halides is 1.